The minimum absolute atomic E-state index is 0.0796. The van der Waals surface area contributed by atoms with Gasteiger partial charge in [0.25, 0.3) is 0 Å². The number of aryl methyl sites for hydroxylation is 1. The lowest BCUT2D eigenvalue weighted by Gasteiger charge is -2.59. The molecular formula is C23H30FN3O4S. The number of carbonyl (C=O) groups is 2. The van der Waals surface area contributed by atoms with Crippen LogP contribution in [0.25, 0.3) is 0 Å². The predicted molar refractivity (Wildman–Crippen MR) is 118 cm³/mol. The molecule has 9 heteroatoms. The molecule has 2 amide bonds. The van der Waals surface area contributed by atoms with Gasteiger partial charge in [-0.25, -0.2) is 12.8 Å². The molecule has 6 rings (SSSR count). The van der Waals surface area contributed by atoms with Gasteiger partial charge in [0, 0.05) is 11.5 Å². The summed E-state index contributed by atoms with van der Waals surface area (Å²) in [4.78, 5) is 25.9. The Labute approximate surface area is 189 Å². The first-order valence-corrected chi connectivity index (χ1v) is 12.6. The van der Waals surface area contributed by atoms with E-state index in [-0.39, 0.29) is 35.4 Å². The van der Waals surface area contributed by atoms with Crippen molar-refractivity contribution in [1.82, 2.24) is 5.32 Å². The highest BCUT2D eigenvalue weighted by Gasteiger charge is 2.59. The quantitative estimate of drug-likeness (QED) is 0.562. The summed E-state index contributed by atoms with van der Waals surface area (Å²) in [7, 11) is -3.15. The summed E-state index contributed by atoms with van der Waals surface area (Å²) in [6.45, 7) is 1.71. The molecule has 0 saturated heterocycles. The van der Waals surface area contributed by atoms with Gasteiger partial charge in [-0.2, -0.15) is 0 Å². The molecule has 0 radical (unpaired) electrons. The second-order valence-corrected chi connectivity index (χ2v) is 11.4. The Morgan fingerprint density at radius 1 is 1.16 bits per heavy atom. The van der Waals surface area contributed by atoms with Crippen molar-refractivity contribution in [2.45, 2.75) is 69.9 Å². The maximum atomic E-state index is 14.0. The molecule has 2 unspecified atom stereocenters. The molecule has 7 nitrogen and oxygen atoms in total. The van der Waals surface area contributed by atoms with Crippen molar-refractivity contribution in [2.24, 2.45) is 28.9 Å². The summed E-state index contributed by atoms with van der Waals surface area (Å²) in [5.74, 6) is -0.251. The number of amides is 2. The van der Waals surface area contributed by atoms with E-state index in [2.05, 4.69) is 5.32 Å². The Balaban J connectivity index is 1.43. The van der Waals surface area contributed by atoms with Crippen LogP contribution in [0.2, 0.25) is 0 Å². The maximum Gasteiger partial charge on any atom is 0.247 e. The SMILES string of the molecule is Cc1ccc(F)cc1N([SH](=O)=O)C1(C(=O)NC2C3CC4CC2CC(C(N)=O)(C4)C3)CCC1. The summed E-state index contributed by atoms with van der Waals surface area (Å²) < 4.78 is 39.8. The van der Waals surface area contributed by atoms with E-state index in [9.17, 15) is 22.4 Å². The van der Waals surface area contributed by atoms with Gasteiger partial charge in [0.1, 0.15) is 11.4 Å². The second kappa shape index (κ2) is 7.43. The van der Waals surface area contributed by atoms with Gasteiger partial charge in [-0.15, -0.1) is 0 Å². The number of benzene rings is 1. The largest absolute Gasteiger partial charge is 0.369 e. The number of rotatable bonds is 6. The highest BCUT2D eigenvalue weighted by molar-refractivity contribution is 7.74. The van der Waals surface area contributed by atoms with Crippen LogP contribution >= 0.6 is 0 Å². The molecule has 0 heterocycles. The summed E-state index contributed by atoms with van der Waals surface area (Å²) in [6.07, 6.45) is 5.68. The van der Waals surface area contributed by atoms with Crippen molar-refractivity contribution in [1.29, 1.82) is 0 Å². The molecule has 1 aromatic rings. The summed E-state index contributed by atoms with van der Waals surface area (Å²) in [6, 6.07) is 3.92. The first kappa shape index (κ1) is 21.7. The van der Waals surface area contributed by atoms with Crippen LogP contribution in [0.4, 0.5) is 10.1 Å². The highest BCUT2D eigenvalue weighted by Crippen LogP contribution is 2.60. The number of nitrogens with two attached hydrogens (primary N) is 1. The molecule has 174 valence electrons. The minimum atomic E-state index is -3.15. The van der Waals surface area contributed by atoms with Crippen molar-refractivity contribution in [3.8, 4) is 0 Å². The van der Waals surface area contributed by atoms with E-state index >= 15 is 0 Å². The summed E-state index contributed by atoms with van der Waals surface area (Å²) in [5.41, 5.74) is 4.91. The Bertz CT molecular complexity index is 1030. The average Bonchev–Trinajstić information content (AvgIpc) is 2.68. The van der Waals surface area contributed by atoms with Gasteiger partial charge < -0.3 is 11.1 Å². The Morgan fingerprint density at radius 3 is 2.34 bits per heavy atom. The Morgan fingerprint density at radius 2 is 1.81 bits per heavy atom. The third-order valence-electron chi connectivity index (χ3n) is 8.67. The number of primary amides is 1. The van der Waals surface area contributed by atoms with Crippen LogP contribution in [0, 0.1) is 35.9 Å². The van der Waals surface area contributed by atoms with Gasteiger partial charge in [0.2, 0.25) is 22.7 Å². The number of thiol groups is 1. The molecular weight excluding hydrogens is 433 g/mol. The number of hydrogen-bond acceptors (Lipinski definition) is 4. The van der Waals surface area contributed by atoms with Crippen LogP contribution in [0.5, 0.6) is 0 Å². The minimum Gasteiger partial charge on any atom is -0.369 e. The van der Waals surface area contributed by atoms with E-state index in [4.69, 9.17) is 5.73 Å². The number of hydrogen-bond donors (Lipinski definition) is 3. The zero-order valence-corrected chi connectivity index (χ0v) is 19.1. The fraction of sp³-hybridized carbons (Fsp3) is 0.652. The molecule has 4 bridgehead atoms. The second-order valence-electron chi connectivity index (χ2n) is 10.5. The number of carbonyl (C=O) groups excluding carboxylic acids is 2. The van der Waals surface area contributed by atoms with Gasteiger partial charge in [0.15, 0.2) is 0 Å². The molecule has 32 heavy (non-hydrogen) atoms. The molecule has 0 aliphatic heterocycles. The first-order valence-electron chi connectivity index (χ1n) is 11.5. The molecule has 1 aromatic carbocycles. The topological polar surface area (TPSA) is 110 Å². The third kappa shape index (κ3) is 3.15. The smallest absolute Gasteiger partial charge is 0.247 e. The Kier molecular flexibility index (Phi) is 5.03. The predicted octanol–water partition coefficient (Wildman–Crippen LogP) is 2.19. The fourth-order valence-electron chi connectivity index (χ4n) is 7.18. The number of halogens is 1. The van der Waals surface area contributed by atoms with Crippen molar-refractivity contribution >= 4 is 28.4 Å². The normalized spacial score (nSPS) is 34.2. The molecule has 0 aromatic heterocycles. The van der Waals surface area contributed by atoms with Gasteiger partial charge in [-0.1, -0.05) is 6.07 Å². The zero-order valence-electron chi connectivity index (χ0n) is 18.2. The van der Waals surface area contributed by atoms with E-state index in [1.54, 1.807) is 6.92 Å². The molecule has 5 aliphatic carbocycles. The lowest BCUT2D eigenvalue weighted by Crippen LogP contribution is -2.68. The van der Waals surface area contributed by atoms with E-state index in [1.165, 1.54) is 18.2 Å². The van der Waals surface area contributed by atoms with Crippen molar-refractivity contribution < 1.29 is 22.4 Å². The van der Waals surface area contributed by atoms with Crippen LogP contribution in [-0.4, -0.2) is 31.8 Å². The molecule has 3 N–H and O–H groups in total. The molecule has 2 atom stereocenters. The summed E-state index contributed by atoms with van der Waals surface area (Å²) in [5, 5.41) is 3.21. The first-order chi connectivity index (χ1) is 15.1. The van der Waals surface area contributed by atoms with Gasteiger partial charge in [-0.05, 0) is 93.7 Å². The zero-order chi connectivity index (χ0) is 22.8. The Hall–Kier alpha value is -2.16. The van der Waals surface area contributed by atoms with Crippen molar-refractivity contribution in [3.63, 3.8) is 0 Å². The number of nitrogens with zero attached hydrogens (tertiary/aromatic N) is 1. The van der Waals surface area contributed by atoms with Crippen LogP contribution in [-0.2, 0) is 20.5 Å². The lowest BCUT2D eigenvalue weighted by molar-refractivity contribution is -0.148. The molecule has 0 spiro atoms. The van der Waals surface area contributed by atoms with Gasteiger partial charge in [0.05, 0.1) is 5.69 Å². The van der Waals surface area contributed by atoms with Crippen LogP contribution in [0.3, 0.4) is 0 Å². The monoisotopic (exact) mass is 463 g/mol. The van der Waals surface area contributed by atoms with Crippen molar-refractivity contribution in [3.05, 3.63) is 29.6 Å². The van der Waals surface area contributed by atoms with Crippen LogP contribution in [0.15, 0.2) is 18.2 Å². The van der Waals surface area contributed by atoms with Gasteiger partial charge in [-0.3, -0.25) is 13.9 Å². The molecule has 5 fully saturated rings. The number of anilines is 1. The van der Waals surface area contributed by atoms with E-state index < -0.39 is 27.7 Å². The fourth-order valence-corrected chi connectivity index (χ4v) is 8.17. The van der Waals surface area contributed by atoms with E-state index in [0.29, 0.717) is 37.2 Å². The summed E-state index contributed by atoms with van der Waals surface area (Å²) >= 11 is 0. The standard InChI is InChI=1S/C23H30FN3O4S/c1-13-3-4-17(24)9-18(13)27(32(30)31)23(5-2-6-23)21(29)26-19-15-7-14-8-16(19)12-22(10-14,11-15)20(25)28/h3-4,9,14-16,19,32H,2,5-8,10-12H2,1H3,(H2,25,28)(H,26,29). The van der Waals surface area contributed by atoms with Crippen molar-refractivity contribution in [2.75, 3.05) is 4.31 Å². The highest BCUT2D eigenvalue weighted by atomic mass is 32.2. The average molecular weight is 464 g/mol. The lowest BCUT2D eigenvalue weighted by atomic mass is 9.47. The van der Waals surface area contributed by atoms with E-state index in [1.807, 2.05) is 0 Å². The van der Waals surface area contributed by atoms with Crippen LogP contribution < -0.4 is 15.4 Å². The molecule has 5 aliphatic rings. The van der Waals surface area contributed by atoms with Crippen LogP contribution in [0.1, 0.15) is 56.9 Å². The molecule has 5 saturated carbocycles. The van der Waals surface area contributed by atoms with Gasteiger partial charge >= 0.3 is 0 Å². The van der Waals surface area contributed by atoms with E-state index in [0.717, 1.165) is 30.0 Å². The maximum absolute atomic E-state index is 14.0. The third-order valence-corrected chi connectivity index (χ3v) is 9.59. The number of nitrogens with one attached hydrogen (secondary N) is 1.